The molecule has 1 aliphatic rings. The first-order valence-corrected chi connectivity index (χ1v) is 7.28. The summed E-state index contributed by atoms with van der Waals surface area (Å²) in [6, 6.07) is 11.9. The third kappa shape index (κ3) is 2.22. The monoisotopic (exact) mass is 288 g/mol. The van der Waals surface area contributed by atoms with Crippen molar-refractivity contribution in [3.8, 4) is 0 Å². The van der Waals surface area contributed by atoms with E-state index in [2.05, 4.69) is 16.8 Å². The van der Waals surface area contributed by atoms with Crippen molar-refractivity contribution in [2.45, 2.75) is 25.9 Å². The van der Waals surface area contributed by atoms with E-state index in [-0.39, 0.29) is 11.9 Å². The van der Waals surface area contributed by atoms with E-state index >= 15 is 0 Å². The van der Waals surface area contributed by atoms with Gasteiger partial charge >= 0.3 is 0 Å². The molecule has 1 amide bonds. The van der Waals surface area contributed by atoms with E-state index in [9.17, 15) is 4.79 Å². The molecule has 2 aromatic rings. The highest BCUT2D eigenvalue weighted by Gasteiger charge is 2.31. The average Bonchev–Trinajstić information content (AvgIpc) is 2.93. The van der Waals surface area contributed by atoms with Gasteiger partial charge in [0.2, 0.25) is 5.91 Å². The van der Waals surface area contributed by atoms with Crippen molar-refractivity contribution in [2.75, 3.05) is 6.54 Å². The predicted octanol–water partition coefficient (Wildman–Crippen LogP) is 3.48. The molecule has 0 spiro atoms. The van der Waals surface area contributed by atoms with Crippen LogP contribution in [-0.2, 0) is 11.3 Å². The van der Waals surface area contributed by atoms with E-state index in [0.717, 1.165) is 24.3 Å². The third-order valence-corrected chi connectivity index (χ3v) is 4.06. The van der Waals surface area contributed by atoms with Crippen LogP contribution in [0.1, 0.15) is 30.6 Å². The average molecular weight is 289 g/mol. The second kappa shape index (κ2) is 5.33. The Labute approximate surface area is 123 Å². The Kier molecular flexibility index (Phi) is 3.53. The van der Waals surface area contributed by atoms with Gasteiger partial charge in [0.1, 0.15) is 0 Å². The Hall–Kier alpha value is -1.74. The van der Waals surface area contributed by atoms with Gasteiger partial charge < -0.3 is 9.47 Å². The largest absolute Gasteiger partial charge is 0.348 e. The van der Waals surface area contributed by atoms with Crippen molar-refractivity contribution >= 4 is 17.5 Å². The van der Waals surface area contributed by atoms with Gasteiger partial charge in [-0.3, -0.25) is 4.79 Å². The number of benzene rings is 1. The maximum absolute atomic E-state index is 12.3. The van der Waals surface area contributed by atoms with Crippen molar-refractivity contribution in [1.82, 2.24) is 9.47 Å². The topological polar surface area (TPSA) is 25.2 Å². The fourth-order valence-electron chi connectivity index (χ4n) is 2.88. The van der Waals surface area contributed by atoms with E-state index in [1.54, 1.807) is 0 Å². The number of nitrogens with zero attached hydrogens (tertiary/aromatic N) is 2. The highest BCUT2D eigenvalue weighted by molar-refractivity contribution is 6.30. The van der Waals surface area contributed by atoms with Gasteiger partial charge in [0.25, 0.3) is 0 Å². The van der Waals surface area contributed by atoms with Gasteiger partial charge in [0.15, 0.2) is 0 Å². The lowest BCUT2D eigenvalue weighted by molar-refractivity contribution is -0.133. The number of hydrogen-bond donors (Lipinski definition) is 0. The molecule has 1 aliphatic heterocycles. The molecule has 0 radical (unpaired) electrons. The molecule has 0 aliphatic carbocycles. The number of amides is 1. The van der Waals surface area contributed by atoms with Gasteiger partial charge in [-0.05, 0) is 29.8 Å². The highest BCUT2D eigenvalue weighted by Crippen LogP contribution is 2.33. The smallest absolute Gasteiger partial charge is 0.223 e. The van der Waals surface area contributed by atoms with Crippen molar-refractivity contribution in [1.29, 1.82) is 0 Å². The SMILES string of the molecule is CCC(=O)N1CCn2cccc2C1c1cccc(Cl)c1. The molecule has 1 aromatic carbocycles. The second-order valence-corrected chi connectivity index (χ2v) is 5.46. The van der Waals surface area contributed by atoms with Crippen LogP contribution in [0.2, 0.25) is 5.02 Å². The molecule has 1 aromatic heterocycles. The Morgan fingerprint density at radius 1 is 1.30 bits per heavy atom. The lowest BCUT2D eigenvalue weighted by Crippen LogP contribution is -2.42. The van der Waals surface area contributed by atoms with E-state index in [1.165, 1.54) is 0 Å². The van der Waals surface area contributed by atoms with Crippen LogP contribution in [0.3, 0.4) is 0 Å². The summed E-state index contributed by atoms with van der Waals surface area (Å²) in [6.07, 6.45) is 2.60. The first kappa shape index (κ1) is 13.3. The normalized spacial score (nSPS) is 17.9. The minimum Gasteiger partial charge on any atom is -0.348 e. The predicted molar refractivity (Wildman–Crippen MR) is 79.7 cm³/mol. The van der Waals surface area contributed by atoms with Gasteiger partial charge in [-0.1, -0.05) is 30.7 Å². The molecule has 3 nitrogen and oxygen atoms in total. The number of aromatic nitrogens is 1. The Morgan fingerprint density at radius 3 is 2.90 bits per heavy atom. The Bertz CT molecular complexity index is 635. The quantitative estimate of drug-likeness (QED) is 0.830. The molecule has 3 rings (SSSR count). The number of hydrogen-bond acceptors (Lipinski definition) is 1. The fraction of sp³-hybridized carbons (Fsp3) is 0.312. The molecule has 0 N–H and O–H groups in total. The number of halogens is 1. The molecular formula is C16H17ClN2O. The summed E-state index contributed by atoms with van der Waals surface area (Å²) in [6.45, 7) is 3.50. The Balaban J connectivity index is 2.09. The summed E-state index contributed by atoms with van der Waals surface area (Å²) < 4.78 is 2.21. The molecule has 0 bridgehead atoms. The lowest BCUT2D eigenvalue weighted by atomic mass is 9.99. The molecule has 1 atom stereocenters. The highest BCUT2D eigenvalue weighted by atomic mass is 35.5. The summed E-state index contributed by atoms with van der Waals surface area (Å²) in [5, 5.41) is 0.704. The second-order valence-electron chi connectivity index (χ2n) is 5.02. The third-order valence-electron chi connectivity index (χ3n) is 3.83. The summed E-state index contributed by atoms with van der Waals surface area (Å²) in [5.41, 5.74) is 2.22. The zero-order valence-electron chi connectivity index (χ0n) is 11.4. The van der Waals surface area contributed by atoms with Gasteiger partial charge in [0, 0.05) is 36.4 Å². The zero-order valence-corrected chi connectivity index (χ0v) is 12.2. The lowest BCUT2D eigenvalue weighted by Gasteiger charge is -2.37. The standard InChI is InChI=1S/C16H17ClN2O/c1-2-15(20)19-10-9-18-8-4-7-14(18)16(19)12-5-3-6-13(17)11-12/h3-8,11,16H,2,9-10H2,1H3. The molecule has 0 fully saturated rings. The molecule has 0 saturated carbocycles. The van der Waals surface area contributed by atoms with Crippen LogP contribution in [0, 0.1) is 0 Å². The number of fused-ring (bicyclic) bond motifs is 1. The number of carbonyl (C=O) groups excluding carboxylic acids is 1. The summed E-state index contributed by atoms with van der Waals surface area (Å²) in [7, 11) is 0. The van der Waals surface area contributed by atoms with E-state index in [1.807, 2.05) is 42.2 Å². The van der Waals surface area contributed by atoms with Crippen molar-refractivity contribution in [3.63, 3.8) is 0 Å². The van der Waals surface area contributed by atoms with Crippen LogP contribution in [-0.4, -0.2) is 21.9 Å². The first-order valence-electron chi connectivity index (χ1n) is 6.90. The van der Waals surface area contributed by atoms with E-state index < -0.39 is 0 Å². The van der Waals surface area contributed by atoms with E-state index in [4.69, 9.17) is 11.6 Å². The van der Waals surface area contributed by atoms with Crippen LogP contribution in [0.5, 0.6) is 0 Å². The minimum absolute atomic E-state index is 0.0371. The zero-order chi connectivity index (χ0) is 14.1. The maximum Gasteiger partial charge on any atom is 0.223 e. The van der Waals surface area contributed by atoms with Crippen molar-refractivity contribution in [2.24, 2.45) is 0 Å². The van der Waals surface area contributed by atoms with E-state index in [0.29, 0.717) is 11.4 Å². The maximum atomic E-state index is 12.3. The van der Waals surface area contributed by atoms with Crippen LogP contribution in [0.15, 0.2) is 42.6 Å². The van der Waals surface area contributed by atoms with Crippen molar-refractivity contribution in [3.05, 3.63) is 58.9 Å². The minimum atomic E-state index is -0.0371. The number of rotatable bonds is 2. The van der Waals surface area contributed by atoms with Gasteiger partial charge in [-0.25, -0.2) is 0 Å². The van der Waals surface area contributed by atoms with Gasteiger partial charge in [-0.2, -0.15) is 0 Å². The molecule has 0 saturated heterocycles. The number of carbonyl (C=O) groups is 1. The van der Waals surface area contributed by atoms with Gasteiger partial charge in [0.05, 0.1) is 6.04 Å². The van der Waals surface area contributed by atoms with Crippen LogP contribution in [0.4, 0.5) is 0 Å². The van der Waals surface area contributed by atoms with Gasteiger partial charge in [-0.15, -0.1) is 0 Å². The molecular weight excluding hydrogens is 272 g/mol. The summed E-state index contributed by atoms with van der Waals surface area (Å²) >= 11 is 6.12. The molecule has 1 unspecified atom stereocenters. The van der Waals surface area contributed by atoms with Crippen LogP contribution < -0.4 is 0 Å². The van der Waals surface area contributed by atoms with Crippen LogP contribution >= 0.6 is 11.6 Å². The summed E-state index contributed by atoms with van der Waals surface area (Å²) in [4.78, 5) is 14.2. The Morgan fingerprint density at radius 2 is 2.15 bits per heavy atom. The molecule has 4 heteroatoms. The molecule has 2 heterocycles. The van der Waals surface area contributed by atoms with Crippen molar-refractivity contribution < 1.29 is 4.79 Å². The first-order chi connectivity index (χ1) is 9.70. The summed E-state index contributed by atoms with van der Waals surface area (Å²) in [5.74, 6) is 0.183. The fourth-order valence-corrected chi connectivity index (χ4v) is 3.08. The molecule has 104 valence electrons. The van der Waals surface area contributed by atoms with Crippen LogP contribution in [0.25, 0.3) is 0 Å². The molecule has 20 heavy (non-hydrogen) atoms.